The number of fused-ring (bicyclic) bond motifs is 1. The Hall–Kier alpha value is -3.13. The van der Waals surface area contributed by atoms with E-state index < -0.39 is 39.7 Å². The van der Waals surface area contributed by atoms with E-state index in [4.69, 9.17) is 0 Å². The van der Waals surface area contributed by atoms with Crippen LogP contribution in [0.3, 0.4) is 0 Å². The fourth-order valence-corrected chi connectivity index (χ4v) is 5.76. The van der Waals surface area contributed by atoms with Gasteiger partial charge < -0.3 is 10.4 Å². The standard InChI is InChI=1S/C23H24N2O5S/c26-20(24-17-11-5-2-6-12-17)15-25-21(22(27)16-9-3-1-4-10-16)23(28)18-13-7-8-14-19(18)31(25,29)30/h1,3-4,7-10,13-14,17,27H,2,5-6,11-12,15H2,(H,24,26)/b22-21+. The van der Waals surface area contributed by atoms with Crippen LogP contribution in [0.5, 0.6) is 0 Å². The van der Waals surface area contributed by atoms with Gasteiger partial charge in [0.15, 0.2) is 5.76 Å². The fourth-order valence-electron chi connectivity index (χ4n) is 4.13. The van der Waals surface area contributed by atoms with Gasteiger partial charge in [0.2, 0.25) is 11.7 Å². The SMILES string of the molecule is O=C(CN1/C(=C(/O)c2ccccc2)C(=O)c2ccccc2S1(=O)=O)NC1CCCCC1. The van der Waals surface area contributed by atoms with Gasteiger partial charge in [0.25, 0.3) is 10.0 Å². The third-order valence-corrected chi connectivity index (χ3v) is 7.50. The smallest absolute Gasteiger partial charge is 0.265 e. The van der Waals surface area contributed by atoms with Crippen LogP contribution in [0.1, 0.15) is 48.0 Å². The number of nitrogens with one attached hydrogen (secondary N) is 1. The number of carbonyl (C=O) groups excluding carboxylic acids is 2. The molecule has 0 aromatic heterocycles. The van der Waals surface area contributed by atoms with Crippen molar-refractivity contribution in [2.75, 3.05) is 6.54 Å². The molecule has 2 aliphatic rings. The van der Waals surface area contributed by atoms with E-state index in [1.165, 1.54) is 18.2 Å². The first-order chi connectivity index (χ1) is 14.9. The molecule has 1 heterocycles. The lowest BCUT2D eigenvalue weighted by Crippen LogP contribution is -2.47. The number of allylic oxidation sites excluding steroid dienone is 1. The van der Waals surface area contributed by atoms with Gasteiger partial charge in [-0.1, -0.05) is 61.7 Å². The molecular formula is C23H24N2O5S. The summed E-state index contributed by atoms with van der Waals surface area (Å²) >= 11 is 0. The molecule has 0 atom stereocenters. The summed E-state index contributed by atoms with van der Waals surface area (Å²) < 4.78 is 27.5. The molecule has 2 N–H and O–H groups in total. The molecule has 162 valence electrons. The predicted molar refractivity (Wildman–Crippen MR) is 116 cm³/mol. The molecule has 1 fully saturated rings. The summed E-state index contributed by atoms with van der Waals surface area (Å²) in [7, 11) is -4.22. The van der Waals surface area contributed by atoms with E-state index in [1.54, 1.807) is 36.4 Å². The van der Waals surface area contributed by atoms with E-state index in [2.05, 4.69) is 5.32 Å². The Labute approximate surface area is 181 Å². The summed E-state index contributed by atoms with van der Waals surface area (Å²) in [5.41, 5.74) is -0.147. The number of rotatable bonds is 4. The van der Waals surface area contributed by atoms with E-state index in [1.807, 2.05) is 0 Å². The van der Waals surface area contributed by atoms with Crippen LogP contribution in [0.4, 0.5) is 0 Å². The van der Waals surface area contributed by atoms with E-state index in [0.29, 0.717) is 0 Å². The maximum absolute atomic E-state index is 13.4. The second kappa shape index (κ2) is 8.55. The average Bonchev–Trinajstić information content (AvgIpc) is 2.79. The lowest BCUT2D eigenvalue weighted by molar-refractivity contribution is -0.121. The maximum atomic E-state index is 13.4. The predicted octanol–water partition coefficient (Wildman–Crippen LogP) is 3.25. The Kier molecular flexibility index (Phi) is 5.82. The second-order valence-corrected chi connectivity index (χ2v) is 9.63. The highest BCUT2D eigenvalue weighted by atomic mass is 32.2. The normalized spacial score (nSPS) is 20.1. The zero-order chi connectivity index (χ0) is 22.0. The first-order valence-electron chi connectivity index (χ1n) is 10.3. The van der Waals surface area contributed by atoms with E-state index >= 15 is 0 Å². The number of ketones is 1. The minimum Gasteiger partial charge on any atom is -0.505 e. The number of benzene rings is 2. The lowest BCUT2D eigenvalue weighted by atomic mass is 9.95. The average molecular weight is 441 g/mol. The molecule has 0 spiro atoms. The third kappa shape index (κ3) is 4.07. The third-order valence-electron chi connectivity index (χ3n) is 5.69. The highest BCUT2D eigenvalue weighted by Crippen LogP contribution is 2.35. The topological polar surface area (TPSA) is 104 Å². The highest BCUT2D eigenvalue weighted by molar-refractivity contribution is 7.89. The molecule has 0 bridgehead atoms. The summed E-state index contributed by atoms with van der Waals surface area (Å²) in [6.45, 7) is -0.578. The number of carbonyl (C=O) groups is 2. The van der Waals surface area contributed by atoms with Crippen molar-refractivity contribution in [3.63, 3.8) is 0 Å². The Morgan fingerprint density at radius 1 is 1.00 bits per heavy atom. The number of amides is 1. The van der Waals surface area contributed by atoms with Gasteiger partial charge in [-0.3, -0.25) is 9.59 Å². The zero-order valence-electron chi connectivity index (χ0n) is 17.0. The van der Waals surface area contributed by atoms with Crippen LogP contribution in [0.2, 0.25) is 0 Å². The molecule has 0 saturated heterocycles. The van der Waals surface area contributed by atoms with Crippen molar-refractivity contribution in [2.45, 2.75) is 43.0 Å². The first-order valence-corrected chi connectivity index (χ1v) is 11.8. The minimum atomic E-state index is -4.22. The molecule has 7 nitrogen and oxygen atoms in total. The van der Waals surface area contributed by atoms with Crippen molar-refractivity contribution in [1.29, 1.82) is 0 Å². The first kappa shape index (κ1) is 21.1. The summed E-state index contributed by atoms with van der Waals surface area (Å²) in [4.78, 5) is 25.8. The molecule has 8 heteroatoms. The molecule has 1 aliphatic carbocycles. The van der Waals surface area contributed by atoms with Crippen LogP contribution in [-0.2, 0) is 14.8 Å². The summed E-state index contributed by atoms with van der Waals surface area (Å²) in [5.74, 6) is -1.62. The lowest BCUT2D eigenvalue weighted by Gasteiger charge is -2.32. The van der Waals surface area contributed by atoms with E-state index in [0.717, 1.165) is 36.4 Å². The Morgan fingerprint density at radius 3 is 2.35 bits per heavy atom. The Balaban J connectivity index is 1.77. The molecule has 0 unspecified atom stereocenters. The van der Waals surface area contributed by atoms with Crippen molar-refractivity contribution >= 4 is 27.5 Å². The molecule has 0 radical (unpaired) electrons. The largest absolute Gasteiger partial charge is 0.505 e. The van der Waals surface area contributed by atoms with E-state index in [-0.39, 0.29) is 22.1 Å². The van der Waals surface area contributed by atoms with Gasteiger partial charge in [-0.25, -0.2) is 12.7 Å². The van der Waals surface area contributed by atoms with Crippen LogP contribution >= 0.6 is 0 Å². The van der Waals surface area contributed by atoms with Crippen molar-refractivity contribution in [3.8, 4) is 0 Å². The molecule has 1 amide bonds. The van der Waals surface area contributed by atoms with Gasteiger partial charge in [-0.2, -0.15) is 0 Å². The summed E-state index contributed by atoms with van der Waals surface area (Å²) in [6.07, 6.45) is 4.84. The van der Waals surface area contributed by atoms with Gasteiger partial charge in [0.05, 0.1) is 4.90 Å². The van der Waals surface area contributed by atoms with Crippen molar-refractivity contribution < 1.29 is 23.1 Å². The molecule has 4 rings (SSSR count). The number of hydrogen-bond acceptors (Lipinski definition) is 5. The minimum absolute atomic E-state index is 0.00752. The van der Waals surface area contributed by atoms with Gasteiger partial charge in [-0.05, 0) is 25.0 Å². The van der Waals surface area contributed by atoms with Gasteiger partial charge in [0, 0.05) is 17.2 Å². The van der Waals surface area contributed by atoms with Crippen molar-refractivity contribution in [3.05, 3.63) is 71.4 Å². The molecule has 31 heavy (non-hydrogen) atoms. The molecule has 1 aliphatic heterocycles. The number of aliphatic hydroxyl groups is 1. The number of Topliss-reactive ketones (excluding diaryl/α,β-unsaturated/α-hetero) is 1. The molecular weight excluding hydrogens is 416 g/mol. The number of sulfonamides is 1. The van der Waals surface area contributed by atoms with Gasteiger partial charge in [-0.15, -0.1) is 0 Å². The van der Waals surface area contributed by atoms with Crippen molar-refractivity contribution in [1.82, 2.24) is 9.62 Å². The summed E-state index contributed by atoms with van der Waals surface area (Å²) in [6, 6.07) is 14.1. The summed E-state index contributed by atoms with van der Waals surface area (Å²) in [5, 5.41) is 13.8. The zero-order valence-corrected chi connectivity index (χ0v) is 17.8. The Morgan fingerprint density at radius 2 is 1.65 bits per heavy atom. The van der Waals surface area contributed by atoms with E-state index in [9.17, 15) is 23.1 Å². The van der Waals surface area contributed by atoms with Crippen LogP contribution in [0, 0.1) is 0 Å². The van der Waals surface area contributed by atoms with Gasteiger partial charge >= 0.3 is 0 Å². The molecule has 2 aromatic rings. The number of aliphatic hydroxyl groups excluding tert-OH is 1. The monoisotopic (exact) mass is 440 g/mol. The second-order valence-electron chi connectivity index (χ2n) is 7.80. The molecule has 1 saturated carbocycles. The van der Waals surface area contributed by atoms with Crippen LogP contribution in [-0.4, -0.2) is 42.1 Å². The quantitative estimate of drug-likeness (QED) is 0.561. The highest BCUT2D eigenvalue weighted by Gasteiger charge is 2.42. The fraction of sp³-hybridized carbons (Fsp3) is 0.304. The number of nitrogens with zero attached hydrogens (tertiary/aromatic N) is 1. The van der Waals surface area contributed by atoms with Crippen LogP contribution in [0.25, 0.3) is 5.76 Å². The molecule has 2 aromatic carbocycles. The van der Waals surface area contributed by atoms with Crippen LogP contribution < -0.4 is 5.32 Å². The van der Waals surface area contributed by atoms with Crippen LogP contribution in [0.15, 0.2) is 65.2 Å². The maximum Gasteiger partial charge on any atom is 0.265 e. The van der Waals surface area contributed by atoms with Crippen molar-refractivity contribution in [2.24, 2.45) is 0 Å². The van der Waals surface area contributed by atoms with Gasteiger partial charge in [0.1, 0.15) is 12.2 Å². The number of hydrogen-bond donors (Lipinski definition) is 2. The Bertz CT molecular complexity index is 1140.